The van der Waals surface area contributed by atoms with E-state index in [1.165, 1.54) is 16.2 Å². The largest absolute Gasteiger partial charge is 0.402 e. The van der Waals surface area contributed by atoms with E-state index in [1.807, 2.05) is 0 Å². The van der Waals surface area contributed by atoms with Gasteiger partial charge >= 0.3 is 5.95 Å². The van der Waals surface area contributed by atoms with E-state index in [4.69, 9.17) is 15.0 Å². The molecule has 0 spiro atoms. The number of fused-ring (bicyclic) bond motifs is 11. The van der Waals surface area contributed by atoms with Crippen LogP contribution in [-0.2, 0) is 0 Å². The average Bonchev–Trinajstić information content (AvgIpc) is 3.97. The van der Waals surface area contributed by atoms with Crippen LogP contribution < -0.4 is 4.98 Å². The van der Waals surface area contributed by atoms with E-state index in [0.717, 1.165) is 116 Å². The molecule has 0 saturated heterocycles. The Labute approximate surface area is 413 Å². The number of nitrogens with zero attached hydrogens (tertiary/aromatic N) is 5. The topological polar surface area (TPSA) is 62.7 Å². The Morgan fingerprint density at radius 1 is 0.292 bits per heavy atom. The number of aromatic amines is 1. The van der Waals surface area contributed by atoms with Crippen molar-refractivity contribution in [3.05, 3.63) is 243 Å². The summed E-state index contributed by atoms with van der Waals surface area (Å²) in [7, 11) is 0. The van der Waals surface area contributed by atoms with Crippen molar-refractivity contribution >= 4 is 86.7 Å². The summed E-state index contributed by atoms with van der Waals surface area (Å²) in [5, 5.41) is 13.7. The summed E-state index contributed by atoms with van der Waals surface area (Å²) in [5.41, 5.74) is 11.9. The zero-order valence-electron chi connectivity index (χ0n) is 38.8. The molecule has 0 radical (unpaired) electrons. The highest BCUT2D eigenvalue weighted by Gasteiger charge is 2.28. The second-order valence-corrected chi connectivity index (χ2v) is 18.6. The second-order valence-electron chi connectivity index (χ2n) is 18.6. The van der Waals surface area contributed by atoms with Crippen molar-refractivity contribution < 1.29 is 4.98 Å². The van der Waals surface area contributed by atoms with Crippen molar-refractivity contribution in [1.82, 2.24) is 24.1 Å². The summed E-state index contributed by atoms with van der Waals surface area (Å²) < 4.78 is 4.61. The fourth-order valence-corrected chi connectivity index (χ4v) is 11.4. The molecule has 0 atom stereocenters. The lowest BCUT2D eigenvalue weighted by molar-refractivity contribution is -0.363. The van der Waals surface area contributed by atoms with Gasteiger partial charge < -0.3 is 0 Å². The lowest BCUT2D eigenvalue weighted by Crippen LogP contribution is -2.19. The van der Waals surface area contributed by atoms with Gasteiger partial charge in [-0.1, -0.05) is 211 Å². The molecule has 0 aliphatic rings. The molecule has 6 heteroatoms. The van der Waals surface area contributed by atoms with Crippen LogP contribution in [0.1, 0.15) is 0 Å². The molecule has 4 heterocycles. The smallest absolute Gasteiger partial charge is 0.278 e. The molecule has 15 rings (SSSR count). The molecular formula is C66H41N6+. The fourth-order valence-electron chi connectivity index (χ4n) is 11.4. The van der Waals surface area contributed by atoms with Crippen LogP contribution in [0.3, 0.4) is 0 Å². The Bertz CT molecular complexity index is 4500. The third kappa shape index (κ3) is 6.16. The number of hydrogen-bond donors (Lipinski definition) is 0. The number of hydrogen-bond acceptors (Lipinski definition) is 3. The third-order valence-electron chi connectivity index (χ3n) is 14.6. The Hall–Kier alpha value is -9.78. The second kappa shape index (κ2) is 15.9. The van der Waals surface area contributed by atoms with Gasteiger partial charge in [-0.2, -0.15) is 4.57 Å². The van der Waals surface area contributed by atoms with Crippen LogP contribution in [0.2, 0.25) is 0 Å². The first-order chi connectivity index (χ1) is 35.7. The first kappa shape index (κ1) is 40.1. The minimum absolute atomic E-state index is 0.595. The highest BCUT2D eigenvalue weighted by Crippen LogP contribution is 2.43. The summed E-state index contributed by atoms with van der Waals surface area (Å²) >= 11 is 0. The van der Waals surface area contributed by atoms with E-state index in [2.05, 4.69) is 257 Å². The molecule has 0 fully saturated rings. The van der Waals surface area contributed by atoms with E-state index in [0.29, 0.717) is 11.9 Å². The first-order valence-electron chi connectivity index (χ1n) is 24.4. The first-order valence-corrected chi connectivity index (χ1v) is 24.4. The fraction of sp³-hybridized carbons (Fsp3) is 0. The van der Waals surface area contributed by atoms with Crippen molar-refractivity contribution in [2.45, 2.75) is 0 Å². The van der Waals surface area contributed by atoms with Crippen molar-refractivity contribution in [3.63, 3.8) is 0 Å². The van der Waals surface area contributed by atoms with Gasteiger partial charge in [0.2, 0.25) is 5.95 Å². The molecule has 0 aliphatic carbocycles. The van der Waals surface area contributed by atoms with E-state index in [-0.39, 0.29) is 0 Å². The molecule has 0 bridgehead atoms. The third-order valence-corrected chi connectivity index (χ3v) is 14.6. The number of aromatic nitrogens is 6. The quantitative estimate of drug-likeness (QED) is 0.167. The summed E-state index contributed by atoms with van der Waals surface area (Å²) in [6.45, 7) is 0. The normalized spacial score (nSPS) is 11.9. The molecule has 1 N–H and O–H groups in total. The van der Waals surface area contributed by atoms with Crippen LogP contribution in [0.15, 0.2) is 243 Å². The highest BCUT2D eigenvalue weighted by atomic mass is 15.2. The Morgan fingerprint density at radius 2 is 0.708 bits per heavy atom. The maximum absolute atomic E-state index is 5.67. The molecule has 0 saturated carbocycles. The number of nitrogens with one attached hydrogen (secondary N) is 1. The summed E-state index contributed by atoms with van der Waals surface area (Å²) in [6, 6.07) is 86.5. The molecule has 4 aromatic heterocycles. The number of para-hydroxylation sites is 2. The Kier molecular flexibility index (Phi) is 8.86. The van der Waals surface area contributed by atoms with Crippen molar-refractivity contribution in [1.29, 1.82) is 0 Å². The minimum Gasteiger partial charge on any atom is -0.278 e. The van der Waals surface area contributed by atoms with Gasteiger partial charge in [-0.25, -0.2) is 15.0 Å². The summed E-state index contributed by atoms with van der Waals surface area (Å²) in [5.74, 6) is 1.31. The van der Waals surface area contributed by atoms with E-state index < -0.39 is 0 Å². The van der Waals surface area contributed by atoms with Gasteiger partial charge in [-0.05, 0) is 73.4 Å². The van der Waals surface area contributed by atoms with E-state index >= 15 is 0 Å². The average molecular weight is 918 g/mol. The van der Waals surface area contributed by atoms with Crippen LogP contribution in [0, 0.1) is 0 Å². The molecule has 15 aromatic rings. The van der Waals surface area contributed by atoms with Crippen LogP contribution >= 0.6 is 0 Å². The van der Waals surface area contributed by atoms with Crippen LogP contribution in [-0.4, -0.2) is 24.1 Å². The SMILES string of the molecule is c1ccc2c(-c3cc(-c4cccc5ccccc45)nc(-n4c5ccccc5c5c4ccc4c6ccccc6n(-c6nc(-c7cccc8ccccc78)cc(-c7cccc8ccccc78)[nH+]6)c45)n3)cccc2c1. The monoisotopic (exact) mass is 917 g/mol. The maximum atomic E-state index is 5.67. The van der Waals surface area contributed by atoms with Crippen molar-refractivity contribution in [2.75, 3.05) is 0 Å². The zero-order chi connectivity index (χ0) is 47.3. The minimum atomic E-state index is 0.595. The molecule has 11 aromatic carbocycles. The molecule has 0 amide bonds. The maximum Gasteiger partial charge on any atom is 0.402 e. The lowest BCUT2D eigenvalue weighted by Gasteiger charge is -2.14. The Balaban J connectivity index is 1.05. The predicted octanol–water partition coefficient (Wildman–Crippen LogP) is 16.2. The number of benzene rings is 11. The highest BCUT2D eigenvalue weighted by molar-refractivity contribution is 6.26. The van der Waals surface area contributed by atoms with Gasteiger partial charge in [0, 0.05) is 49.9 Å². The number of rotatable bonds is 6. The molecule has 6 nitrogen and oxygen atoms in total. The predicted molar refractivity (Wildman–Crippen MR) is 297 cm³/mol. The van der Waals surface area contributed by atoms with Crippen LogP contribution in [0.4, 0.5) is 0 Å². The Morgan fingerprint density at radius 3 is 1.25 bits per heavy atom. The molecule has 0 aliphatic heterocycles. The van der Waals surface area contributed by atoms with E-state index in [9.17, 15) is 0 Å². The molecular weight excluding hydrogens is 877 g/mol. The molecule has 72 heavy (non-hydrogen) atoms. The summed E-state index contributed by atoms with van der Waals surface area (Å²) in [6.07, 6.45) is 0. The van der Waals surface area contributed by atoms with Crippen LogP contribution in [0.25, 0.3) is 144 Å². The standard InChI is InChI=1S/C66H40N6/c1-5-25-45-41(17-1)21-13-31-49(45)56-39-57(50-32-14-22-42-18-2-6-26-46(42)50)68-65(67-56)71-61-36-12-10-30-55(61)63-62(71)38-37-54-53-29-9-11-35-60(53)72(64(54)63)66-69-58(51-33-15-23-43-19-3-7-27-47(43)51)40-59(70-66)52-34-16-24-44-20-4-8-28-48(44)52/h1-40H/p+1. The molecule has 0 unspecified atom stereocenters. The van der Waals surface area contributed by atoms with Crippen LogP contribution in [0.5, 0.6) is 0 Å². The van der Waals surface area contributed by atoms with Gasteiger partial charge in [0.05, 0.1) is 22.4 Å². The van der Waals surface area contributed by atoms with Gasteiger partial charge in [0.25, 0.3) is 0 Å². The van der Waals surface area contributed by atoms with Crippen molar-refractivity contribution in [2.24, 2.45) is 0 Å². The van der Waals surface area contributed by atoms with Gasteiger partial charge in [-0.15, -0.1) is 0 Å². The zero-order valence-corrected chi connectivity index (χ0v) is 38.8. The molecule has 334 valence electrons. The van der Waals surface area contributed by atoms with Gasteiger partial charge in [0.1, 0.15) is 16.7 Å². The van der Waals surface area contributed by atoms with Gasteiger partial charge in [0.15, 0.2) is 5.69 Å². The van der Waals surface area contributed by atoms with Gasteiger partial charge in [-0.3, -0.25) is 4.57 Å². The lowest BCUT2D eigenvalue weighted by atomic mass is 9.99. The number of H-pyrrole nitrogens is 1. The van der Waals surface area contributed by atoms with Crippen molar-refractivity contribution in [3.8, 4) is 56.9 Å². The van der Waals surface area contributed by atoms with E-state index in [1.54, 1.807) is 0 Å². The summed E-state index contributed by atoms with van der Waals surface area (Å²) in [4.78, 5) is 20.8.